The molecule has 0 spiro atoms. The van der Waals surface area contributed by atoms with Crippen LogP contribution in [0.15, 0.2) is 48.8 Å². The van der Waals surface area contributed by atoms with Crippen molar-refractivity contribution >= 4 is 29.1 Å². The minimum atomic E-state index is -1.67. The highest BCUT2D eigenvalue weighted by atomic mass is 35.5. The molecule has 2 heterocycles. The normalized spacial score (nSPS) is 23.3. The number of aromatic nitrogens is 3. The maximum Gasteiger partial charge on any atom is 0.237 e. The number of carbonyl (C=O) groups is 1. The highest BCUT2D eigenvalue weighted by Gasteiger charge is 2.61. The summed E-state index contributed by atoms with van der Waals surface area (Å²) in [5.41, 5.74) is -1.90. The molecule has 7 nitrogen and oxygen atoms in total. The van der Waals surface area contributed by atoms with E-state index < -0.39 is 41.0 Å². The van der Waals surface area contributed by atoms with Crippen molar-refractivity contribution in [2.24, 2.45) is 5.41 Å². The average molecular weight is 561 g/mol. The van der Waals surface area contributed by atoms with E-state index in [1.165, 1.54) is 30.5 Å². The second kappa shape index (κ2) is 11.0. The van der Waals surface area contributed by atoms with Crippen molar-refractivity contribution in [3.05, 3.63) is 81.6 Å². The molecule has 2 aromatic carbocycles. The maximum atomic E-state index is 15.6. The Morgan fingerprint density at radius 1 is 1.26 bits per heavy atom. The second-order valence-electron chi connectivity index (χ2n) is 10.6. The van der Waals surface area contributed by atoms with Gasteiger partial charge in [-0.3, -0.25) is 9.48 Å². The molecule has 3 aromatic rings. The lowest BCUT2D eigenvalue weighted by Gasteiger charge is -2.37. The number of nitrogens with zero attached hydrogens (tertiary/aromatic N) is 4. The number of halogens is 4. The van der Waals surface area contributed by atoms with Gasteiger partial charge in [0.05, 0.1) is 29.9 Å². The van der Waals surface area contributed by atoms with Crippen LogP contribution in [0.2, 0.25) is 10.0 Å². The Bertz CT molecular complexity index is 1350. The van der Waals surface area contributed by atoms with Gasteiger partial charge in [0.15, 0.2) is 0 Å². The van der Waals surface area contributed by atoms with Gasteiger partial charge in [0, 0.05) is 35.3 Å². The average Bonchev–Trinajstić information content (AvgIpc) is 3.46. The predicted octanol–water partition coefficient (Wildman–Crippen LogP) is 5.00. The summed E-state index contributed by atoms with van der Waals surface area (Å²) in [6.45, 7) is 6.51. The summed E-state index contributed by atoms with van der Waals surface area (Å²) < 4.78 is 32.8. The third kappa shape index (κ3) is 5.39. The molecule has 4 unspecified atom stereocenters. The van der Waals surface area contributed by atoms with E-state index in [9.17, 15) is 10.1 Å². The lowest BCUT2D eigenvalue weighted by atomic mass is 9.62. The number of hydrogen-bond acceptors (Lipinski definition) is 5. The fourth-order valence-corrected chi connectivity index (χ4v) is 5.65. The number of nitrogens with one attached hydrogen (secondary N) is 2. The van der Waals surface area contributed by atoms with Gasteiger partial charge in [0.2, 0.25) is 5.91 Å². The first-order valence-electron chi connectivity index (χ1n) is 12.2. The largest absolute Gasteiger partial charge is 0.353 e. The van der Waals surface area contributed by atoms with Crippen LogP contribution in [-0.2, 0) is 16.8 Å². The Labute approximate surface area is 230 Å². The number of carbonyl (C=O) groups excluding carboxylic acids is 1. The third-order valence-corrected chi connectivity index (χ3v) is 7.37. The zero-order chi connectivity index (χ0) is 27.7. The highest BCUT2D eigenvalue weighted by Crippen LogP contribution is 2.52. The van der Waals surface area contributed by atoms with Crippen molar-refractivity contribution in [3.63, 3.8) is 0 Å². The van der Waals surface area contributed by atoms with Gasteiger partial charge in [0.25, 0.3) is 0 Å². The van der Waals surface area contributed by atoms with Crippen LogP contribution in [0.3, 0.4) is 0 Å². The molecule has 1 fully saturated rings. The number of amides is 1. The minimum absolute atomic E-state index is 0.0356. The standard InChI is InChI=1S/C27H28Cl2F2N6O/c1-26(2,3)14-21-27(15-32,18-8-7-16(28)13-20(18)30)22(17-5-4-6-19(29)23(17)31)24(35-21)25(38)33-9-11-37-12-10-34-36-37/h4-8,10,12-13,21-22,24,35H,9,11,14H2,1-3H3,(H,33,38). The van der Waals surface area contributed by atoms with Gasteiger partial charge in [-0.25, -0.2) is 8.78 Å². The van der Waals surface area contributed by atoms with Gasteiger partial charge < -0.3 is 10.6 Å². The zero-order valence-electron chi connectivity index (χ0n) is 21.2. The van der Waals surface area contributed by atoms with Crippen molar-refractivity contribution in [2.45, 2.75) is 57.2 Å². The zero-order valence-corrected chi connectivity index (χ0v) is 22.7. The Morgan fingerprint density at radius 3 is 2.66 bits per heavy atom. The molecule has 1 amide bonds. The molecule has 2 N–H and O–H groups in total. The van der Waals surface area contributed by atoms with Crippen LogP contribution in [-0.4, -0.2) is 39.5 Å². The fraction of sp³-hybridized carbons (Fsp3) is 0.407. The molecular formula is C27H28Cl2F2N6O. The van der Waals surface area contributed by atoms with Gasteiger partial charge in [0.1, 0.15) is 17.0 Å². The summed E-state index contributed by atoms with van der Waals surface area (Å²) in [6, 6.07) is 9.04. The molecule has 1 aromatic heterocycles. The van der Waals surface area contributed by atoms with Gasteiger partial charge in [-0.2, -0.15) is 5.26 Å². The topological polar surface area (TPSA) is 95.6 Å². The molecule has 4 rings (SSSR count). The SMILES string of the molecule is CC(C)(C)CC1NC(C(=O)NCCn2ccnn2)C(c2cccc(Cl)c2F)C1(C#N)c1ccc(Cl)cc1F. The molecule has 1 saturated heterocycles. The Hall–Kier alpha value is -3.06. The molecule has 11 heteroatoms. The molecule has 1 aliphatic rings. The van der Waals surface area contributed by atoms with E-state index in [1.807, 2.05) is 20.8 Å². The van der Waals surface area contributed by atoms with Gasteiger partial charge in [-0.05, 0) is 35.6 Å². The highest BCUT2D eigenvalue weighted by molar-refractivity contribution is 6.31. The lowest BCUT2D eigenvalue weighted by Crippen LogP contribution is -2.46. The monoisotopic (exact) mass is 560 g/mol. The van der Waals surface area contributed by atoms with Crippen molar-refractivity contribution in [3.8, 4) is 6.07 Å². The van der Waals surface area contributed by atoms with Crippen LogP contribution >= 0.6 is 23.2 Å². The van der Waals surface area contributed by atoms with E-state index in [4.69, 9.17) is 23.2 Å². The lowest BCUT2D eigenvalue weighted by molar-refractivity contribution is -0.123. The first kappa shape index (κ1) is 28.0. The van der Waals surface area contributed by atoms with Crippen LogP contribution in [0.25, 0.3) is 0 Å². The van der Waals surface area contributed by atoms with Crippen molar-refractivity contribution in [1.29, 1.82) is 5.26 Å². The number of nitriles is 1. The van der Waals surface area contributed by atoms with Crippen LogP contribution in [0.1, 0.15) is 44.2 Å². The molecule has 200 valence electrons. The third-order valence-electron chi connectivity index (χ3n) is 6.84. The number of hydrogen-bond donors (Lipinski definition) is 2. The van der Waals surface area contributed by atoms with Gasteiger partial charge >= 0.3 is 0 Å². The van der Waals surface area contributed by atoms with E-state index in [-0.39, 0.29) is 33.1 Å². The van der Waals surface area contributed by atoms with E-state index in [1.54, 1.807) is 16.9 Å². The Kier molecular flexibility index (Phi) is 8.07. The Morgan fingerprint density at radius 2 is 2.03 bits per heavy atom. The first-order valence-corrected chi connectivity index (χ1v) is 12.9. The molecular weight excluding hydrogens is 533 g/mol. The Balaban J connectivity index is 1.86. The van der Waals surface area contributed by atoms with Crippen LogP contribution < -0.4 is 10.6 Å². The van der Waals surface area contributed by atoms with Crippen LogP contribution in [0, 0.1) is 28.4 Å². The molecule has 0 bridgehead atoms. The minimum Gasteiger partial charge on any atom is -0.353 e. The molecule has 1 aliphatic heterocycles. The maximum absolute atomic E-state index is 15.6. The number of rotatable bonds is 7. The first-order chi connectivity index (χ1) is 18.0. The summed E-state index contributed by atoms with van der Waals surface area (Å²) in [5, 5.41) is 24.6. The molecule has 0 aliphatic carbocycles. The fourth-order valence-electron chi connectivity index (χ4n) is 5.31. The molecule has 4 atom stereocenters. The van der Waals surface area contributed by atoms with E-state index in [0.717, 1.165) is 6.07 Å². The van der Waals surface area contributed by atoms with Crippen molar-refractivity contribution < 1.29 is 13.6 Å². The van der Waals surface area contributed by atoms with Crippen LogP contribution in [0.5, 0.6) is 0 Å². The summed E-state index contributed by atoms with van der Waals surface area (Å²) >= 11 is 12.2. The quantitative estimate of drug-likeness (QED) is 0.424. The number of benzene rings is 2. The molecule has 0 saturated carbocycles. The summed E-state index contributed by atoms with van der Waals surface area (Å²) in [4.78, 5) is 13.6. The summed E-state index contributed by atoms with van der Waals surface area (Å²) in [5.74, 6) is -3.04. The van der Waals surface area contributed by atoms with E-state index in [0.29, 0.717) is 13.0 Å². The van der Waals surface area contributed by atoms with Gasteiger partial charge in [-0.15, -0.1) is 5.10 Å². The van der Waals surface area contributed by atoms with Crippen molar-refractivity contribution in [1.82, 2.24) is 25.6 Å². The summed E-state index contributed by atoms with van der Waals surface area (Å²) in [6.07, 6.45) is 3.58. The van der Waals surface area contributed by atoms with Gasteiger partial charge in [-0.1, -0.05) is 67.4 Å². The van der Waals surface area contributed by atoms with Crippen molar-refractivity contribution in [2.75, 3.05) is 6.54 Å². The smallest absolute Gasteiger partial charge is 0.237 e. The second-order valence-corrected chi connectivity index (χ2v) is 11.5. The molecule has 0 radical (unpaired) electrons. The summed E-state index contributed by atoms with van der Waals surface area (Å²) in [7, 11) is 0. The molecule has 38 heavy (non-hydrogen) atoms. The van der Waals surface area contributed by atoms with E-state index in [2.05, 4.69) is 27.0 Å². The predicted molar refractivity (Wildman–Crippen MR) is 141 cm³/mol. The van der Waals surface area contributed by atoms with Crippen LogP contribution in [0.4, 0.5) is 8.78 Å². The van der Waals surface area contributed by atoms with E-state index >= 15 is 8.78 Å².